The summed E-state index contributed by atoms with van der Waals surface area (Å²) in [5.41, 5.74) is 2.02. The van der Waals surface area contributed by atoms with Crippen molar-refractivity contribution >= 4 is 29.2 Å². The number of rotatable bonds is 4. The number of hydrogen-bond acceptors (Lipinski definition) is 9. The van der Waals surface area contributed by atoms with Crippen LogP contribution < -0.4 is 10.9 Å². The number of aromatic nitrogens is 8. The maximum Gasteiger partial charge on any atom is 0.490 e. The van der Waals surface area contributed by atoms with Gasteiger partial charge in [0.1, 0.15) is 6.07 Å². The molecule has 14 nitrogen and oxygen atoms in total. The van der Waals surface area contributed by atoms with Crippen LogP contribution in [0.3, 0.4) is 0 Å². The molecule has 0 unspecified atom stereocenters. The molecule has 20 heteroatoms. The van der Waals surface area contributed by atoms with Gasteiger partial charge in [0.2, 0.25) is 5.91 Å². The zero-order chi connectivity index (χ0) is 37.0. The number of alkyl halides is 5. The number of fused-ring (bicyclic) bond motifs is 4. The molecule has 2 N–H and O–H groups in total. The van der Waals surface area contributed by atoms with E-state index in [-0.39, 0.29) is 23.0 Å². The highest BCUT2D eigenvalue weighted by atomic mass is 35.5. The molecule has 4 aromatic heterocycles. The topological polar surface area (TPSA) is 186 Å². The zero-order valence-corrected chi connectivity index (χ0v) is 26.8. The Morgan fingerprint density at radius 1 is 1.14 bits per heavy atom. The summed E-state index contributed by atoms with van der Waals surface area (Å²) < 4.78 is 63.0. The maximum absolute atomic E-state index is 13.9. The minimum absolute atomic E-state index is 0.0329. The molecule has 0 saturated carbocycles. The lowest BCUT2D eigenvalue weighted by Crippen LogP contribution is -2.27. The van der Waals surface area contributed by atoms with Crippen molar-refractivity contribution in [1.82, 2.24) is 39.3 Å². The molecule has 6 rings (SSSR count). The molecular formula is C31H24ClF5N10O4. The summed E-state index contributed by atoms with van der Waals surface area (Å²) in [6.45, 7) is -1.20. The Morgan fingerprint density at radius 2 is 1.88 bits per heavy atom. The minimum atomic E-state index is -5.08. The van der Waals surface area contributed by atoms with Gasteiger partial charge in [-0.15, -0.1) is 5.10 Å². The summed E-state index contributed by atoms with van der Waals surface area (Å²) >= 11 is 6.29. The van der Waals surface area contributed by atoms with Gasteiger partial charge in [0.15, 0.2) is 5.69 Å². The van der Waals surface area contributed by atoms with E-state index in [2.05, 4.69) is 30.7 Å². The Hall–Kier alpha value is -6.03. The van der Waals surface area contributed by atoms with E-state index in [0.29, 0.717) is 57.2 Å². The SMILES string of the molecule is C[C@@H]1CCC[C@H](n2cnc(-c3cc(Cl)ccc3-n3cc(C#N)nn3)cc2=O)c2cc(ccn2)-c2c(cnn2C(F)F)NC1=O.O=C(O)C(F)(F)F. The number of pyridine rings is 1. The fourth-order valence-corrected chi connectivity index (χ4v) is 5.41. The number of anilines is 1. The van der Waals surface area contributed by atoms with E-state index in [4.69, 9.17) is 26.8 Å². The van der Waals surface area contributed by atoms with E-state index in [1.54, 1.807) is 37.3 Å². The van der Waals surface area contributed by atoms with Crippen LogP contribution in [0.25, 0.3) is 28.2 Å². The first-order valence-electron chi connectivity index (χ1n) is 14.8. The highest BCUT2D eigenvalue weighted by molar-refractivity contribution is 6.31. The number of carboxylic acid groups (broad SMARTS) is 1. The monoisotopic (exact) mass is 730 g/mol. The number of aliphatic carboxylic acids is 1. The molecule has 264 valence electrons. The second-order valence-corrected chi connectivity index (χ2v) is 11.5. The molecule has 1 aliphatic heterocycles. The molecule has 2 atom stereocenters. The first-order valence-corrected chi connectivity index (χ1v) is 15.2. The summed E-state index contributed by atoms with van der Waals surface area (Å²) in [4.78, 5) is 44.6. The molecular weight excluding hydrogens is 707 g/mol. The average Bonchev–Trinajstić information content (AvgIpc) is 3.74. The number of amides is 1. The van der Waals surface area contributed by atoms with Gasteiger partial charge >= 0.3 is 18.7 Å². The quantitative estimate of drug-likeness (QED) is 0.219. The maximum atomic E-state index is 13.9. The summed E-state index contributed by atoms with van der Waals surface area (Å²) in [5, 5.41) is 31.0. The number of benzene rings is 1. The van der Waals surface area contributed by atoms with Crippen molar-refractivity contribution in [3.63, 3.8) is 0 Å². The second-order valence-electron chi connectivity index (χ2n) is 11.1. The Kier molecular flexibility index (Phi) is 10.5. The molecule has 0 spiro atoms. The fraction of sp³-hybridized carbons (Fsp3) is 0.258. The lowest BCUT2D eigenvalue weighted by Gasteiger charge is -2.22. The number of carbonyl (C=O) groups is 2. The predicted octanol–water partition coefficient (Wildman–Crippen LogP) is 5.65. The summed E-state index contributed by atoms with van der Waals surface area (Å²) in [7, 11) is 0. The third kappa shape index (κ3) is 8.07. The number of carboxylic acids is 1. The third-order valence-corrected chi connectivity index (χ3v) is 7.94. The van der Waals surface area contributed by atoms with Crippen LogP contribution in [0.1, 0.15) is 50.2 Å². The lowest BCUT2D eigenvalue weighted by molar-refractivity contribution is -0.192. The average molecular weight is 731 g/mol. The highest BCUT2D eigenvalue weighted by Gasteiger charge is 2.38. The Balaban J connectivity index is 0.000000654. The van der Waals surface area contributed by atoms with Crippen LogP contribution in [0, 0.1) is 17.2 Å². The molecule has 0 fully saturated rings. The number of halogens is 6. The first kappa shape index (κ1) is 36.3. The van der Waals surface area contributed by atoms with E-state index in [1.807, 2.05) is 6.07 Å². The fourth-order valence-electron chi connectivity index (χ4n) is 5.24. The van der Waals surface area contributed by atoms with E-state index < -0.39 is 36.2 Å². The molecule has 5 aromatic rings. The third-order valence-electron chi connectivity index (χ3n) is 7.70. The van der Waals surface area contributed by atoms with Crippen molar-refractivity contribution in [2.24, 2.45) is 5.92 Å². The van der Waals surface area contributed by atoms with Crippen molar-refractivity contribution in [1.29, 1.82) is 5.26 Å². The Labute approximate surface area is 288 Å². The predicted molar refractivity (Wildman–Crippen MR) is 169 cm³/mol. The molecule has 5 heterocycles. The van der Waals surface area contributed by atoms with Gasteiger partial charge in [-0.2, -0.15) is 32.3 Å². The molecule has 1 amide bonds. The number of nitrogens with one attached hydrogen (secondary N) is 1. The standard InChI is InChI=1S/C29H23ClF2N10O2.C2HF3O2/c1-16-3-2-4-25(22-9-17(7-8-34-22)27-23(37-28(16)44)13-36-42(27)29(31)32)40-15-35-21(11-26(40)43)20-10-18(30)5-6-24(20)41-14-19(12-33)38-39-41;3-2(4,5)1(6)7/h5-11,13-16,25,29H,2-4H2,1H3,(H,37,44);(H,6,7)/t16-,25+;/m1./s1. The number of carbonyl (C=O) groups excluding carboxylic acids is 1. The number of nitriles is 1. The van der Waals surface area contributed by atoms with Crippen molar-refractivity contribution < 1.29 is 36.6 Å². The molecule has 2 bridgehead atoms. The van der Waals surface area contributed by atoms with Crippen LogP contribution in [0.5, 0.6) is 0 Å². The largest absolute Gasteiger partial charge is 0.490 e. The van der Waals surface area contributed by atoms with Crippen molar-refractivity contribution in [2.75, 3.05) is 5.32 Å². The van der Waals surface area contributed by atoms with Crippen LogP contribution in [0.4, 0.5) is 27.6 Å². The van der Waals surface area contributed by atoms with Gasteiger partial charge < -0.3 is 10.4 Å². The second kappa shape index (κ2) is 14.8. The Morgan fingerprint density at radius 3 is 2.53 bits per heavy atom. The van der Waals surface area contributed by atoms with E-state index in [0.717, 1.165) is 0 Å². The zero-order valence-electron chi connectivity index (χ0n) is 26.1. The van der Waals surface area contributed by atoms with Crippen molar-refractivity contribution in [3.05, 3.63) is 88.1 Å². The van der Waals surface area contributed by atoms with Crippen LogP contribution in [-0.4, -0.2) is 62.5 Å². The van der Waals surface area contributed by atoms with Crippen LogP contribution in [0.15, 0.2) is 66.1 Å². The lowest BCUT2D eigenvalue weighted by atomic mass is 9.97. The van der Waals surface area contributed by atoms with Gasteiger partial charge in [0.25, 0.3) is 5.56 Å². The first-order chi connectivity index (χ1) is 24.2. The highest BCUT2D eigenvalue weighted by Crippen LogP contribution is 2.35. The number of hydrogen-bond donors (Lipinski definition) is 2. The summed E-state index contributed by atoms with van der Waals surface area (Å²) in [5.74, 6) is -3.50. The molecule has 1 aromatic carbocycles. The molecule has 0 aliphatic carbocycles. The summed E-state index contributed by atoms with van der Waals surface area (Å²) in [6, 6.07) is 10.8. The van der Waals surface area contributed by atoms with Gasteiger partial charge in [0.05, 0.1) is 53.2 Å². The number of nitrogens with zero attached hydrogens (tertiary/aromatic N) is 9. The van der Waals surface area contributed by atoms with Crippen LogP contribution in [-0.2, 0) is 9.59 Å². The molecule has 0 radical (unpaired) electrons. The van der Waals surface area contributed by atoms with Crippen molar-refractivity contribution in [2.45, 2.75) is 45.0 Å². The van der Waals surface area contributed by atoms with Crippen molar-refractivity contribution in [3.8, 4) is 34.3 Å². The van der Waals surface area contributed by atoms with E-state index >= 15 is 0 Å². The molecule has 51 heavy (non-hydrogen) atoms. The van der Waals surface area contributed by atoms with E-state index in [1.165, 1.54) is 40.2 Å². The minimum Gasteiger partial charge on any atom is -0.475 e. The smallest absolute Gasteiger partial charge is 0.475 e. The van der Waals surface area contributed by atoms with Gasteiger partial charge in [0, 0.05) is 34.3 Å². The van der Waals surface area contributed by atoms with E-state index in [9.17, 15) is 31.5 Å². The van der Waals surface area contributed by atoms with Gasteiger partial charge in [-0.05, 0) is 43.2 Å². The van der Waals surface area contributed by atoms with Crippen LogP contribution >= 0.6 is 11.6 Å². The van der Waals surface area contributed by atoms with Gasteiger partial charge in [-0.25, -0.2) is 19.1 Å². The molecule has 1 aliphatic rings. The molecule has 0 saturated heterocycles. The van der Waals surface area contributed by atoms with Gasteiger partial charge in [-0.3, -0.25) is 19.1 Å². The normalized spacial score (nSPS) is 16.1. The van der Waals surface area contributed by atoms with Crippen LogP contribution in [0.2, 0.25) is 5.02 Å². The van der Waals surface area contributed by atoms with Gasteiger partial charge in [-0.1, -0.05) is 30.2 Å². The Bertz CT molecular complexity index is 2190. The summed E-state index contributed by atoms with van der Waals surface area (Å²) in [6.07, 6.45) is 1.91.